The third kappa shape index (κ3) is 7.36. The zero-order valence-corrected chi connectivity index (χ0v) is 26.8. The molecule has 0 aliphatic rings. The van der Waals surface area contributed by atoms with Gasteiger partial charge in [-0.25, -0.2) is 4.98 Å². The fraction of sp³-hybridized carbons (Fsp3) is 0.103. The van der Waals surface area contributed by atoms with Crippen molar-refractivity contribution in [1.82, 2.24) is 9.55 Å². The summed E-state index contributed by atoms with van der Waals surface area (Å²) in [5, 5.41) is 1.10. The van der Waals surface area contributed by atoms with Gasteiger partial charge in [0.2, 0.25) is 6.71 Å². The van der Waals surface area contributed by atoms with Crippen LogP contribution >= 0.6 is 0 Å². The van der Waals surface area contributed by atoms with Crippen molar-refractivity contribution in [2.45, 2.75) is 18.5 Å². The van der Waals surface area contributed by atoms with E-state index in [0.717, 1.165) is 18.8 Å². The van der Waals surface area contributed by atoms with Gasteiger partial charge in [0, 0.05) is 12.4 Å². The van der Waals surface area contributed by atoms with Crippen LogP contribution in [0.2, 0.25) is 0 Å². The van der Waals surface area contributed by atoms with Crippen molar-refractivity contribution in [2.75, 3.05) is 6.61 Å². The second kappa shape index (κ2) is 15.6. The lowest BCUT2D eigenvalue weighted by molar-refractivity contribution is 0.317. The zero-order valence-electron chi connectivity index (χ0n) is 25.4. The van der Waals surface area contributed by atoms with Gasteiger partial charge in [0.1, 0.15) is 5.75 Å². The van der Waals surface area contributed by atoms with Crippen LogP contribution in [0.15, 0.2) is 177 Å². The third-order valence-corrected chi connectivity index (χ3v) is 10.4. The second-order valence-corrected chi connectivity index (χ2v) is 13.0. The van der Waals surface area contributed by atoms with E-state index in [9.17, 15) is 0 Å². The minimum Gasteiger partial charge on any atom is -0.494 e. The Labute approximate surface area is 264 Å². The molecule has 0 bridgehead atoms. The fourth-order valence-electron chi connectivity index (χ4n) is 5.72. The van der Waals surface area contributed by atoms with E-state index in [1.165, 1.54) is 27.2 Å². The molecule has 6 rings (SSSR count). The van der Waals surface area contributed by atoms with E-state index >= 15 is 0 Å². The Bertz CT molecular complexity index is 1600. The molecule has 218 valence electrons. The van der Waals surface area contributed by atoms with E-state index in [-0.39, 0.29) is 5.16 Å². The number of imidazole rings is 1. The van der Waals surface area contributed by atoms with Gasteiger partial charge in [-0.15, -0.1) is 12.6 Å². The summed E-state index contributed by atoms with van der Waals surface area (Å²) in [6.45, 7) is 7.09. The Morgan fingerprint density at radius 1 is 0.750 bits per heavy atom. The maximum atomic E-state index is 5.92. The molecule has 0 aliphatic carbocycles. The average Bonchev–Trinajstić information content (AvgIpc) is 3.65. The largest absolute Gasteiger partial charge is 0.494 e. The van der Waals surface area contributed by atoms with Gasteiger partial charge >= 0.3 is 0 Å². The van der Waals surface area contributed by atoms with E-state index in [1.54, 1.807) is 0 Å². The van der Waals surface area contributed by atoms with E-state index in [2.05, 4.69) is 163 Å². The highest BCUT2D eigenvalue weighted by atomic mass is 28.2. The number of nitrogens with zero attached hydrogens (tertiary/aromatic N) is 2. The smallest absolute Gasteiger partial charge is 0.233 e. The summed E-state index contributed by atoms with van der Waals surface area (Å²) in [5.41, 5.74) is 5.16. The predicted molar refractivity (Wildman–Crippen MR) is 190 cm³/mol. The number of rotatable bonds is 11. The molecule has 0 saturated carbocycles. The number of aromatic nitrogens is 2. The standard InChI is InChI=1S/C25H26N2OSi.C14H13B/c1-2-18-28-23-14-9-15-24(19-23)29-25(27-17-16-26-20-27,21-10-5-3-6-11-21)22-12-7-4-8-13-22;1-2-15(13-9-5-3-6-10-13)14-11-7-4-8-12-14/h3-17,19-20H,2,18,29H2,1H3;2-12H,1H2. The normalized spacial score (nSPS) is 11.0. The molecule has 1 aromatic heterocycles. The van der Waals surface area contributed by atoms with Gasteiger partial charge in [-0.05, 0) is 29.7 Å². The Balaban J connectivity index is 0.000000215. The Morgan fingerprint density at radius 3 is 1.77 bits per heavy atom. The summed E-state index contributed by atoms with van der Waals surface area (Å²) >= 11 is 0. The van der Waals surface area contributed by atoms with Crippen molar-refractivity contribution < 1.29 is 4.74 Å². The molecule has 0 saturated heterocycles. The summed E-state index contributed by atoms with van der Waals surface area (Å²) < 4.78 is 8.20. The lowest BCUT2D eigenvalue weighted by Crippen LogP contribution is -2.46. The Morgan fingerprint density at radius 2 is 1.30 bits per heavy atom. The van der Waals surface area contributed by atoms with E-state index in [1.807, 2.05) is 30.6 Å². The highest BCUT2D eigenvalue weighted by Gasteiger charge is 2.36. The molecule has 0 amide bonds. The topological polar surface area (TPSA) is 27.1 Å². The van der Waals surface area contributed by atoms with Crippen molar-refractivity contribution in [3.63, 3.8) is 0 Å². The van der Waals surface area contributed by atoms with Crippen LogP contribution in [-0.4, -0.2) is 32.4 Å². The van der Waals surface area contributed by atoms with E-state index < -0.39 is 9.52 Å². The van der Waals surface area contributed by atoms with E-state index in [4.69, 9.17) is 4.74 Å². The maximum Gasteiger partial charge on any atom is 0.233 e. The monoisotopic (exact) mass is 590 g/mol. The van der Waals surface area contributed by atoms with E-state index in [0.29, 0.717) is 6.71 Å². The number of benzene rings is 5. The summed E-state index contributed by atoms with van der Waals surface area (Å²) in [4.78, 5) is 4.40. The molecule has 0 spiro atoms. The number of ether oxygens (including phenoxy) is 1. The van der Waals surface area contributed by atoms with Crippen LogP contribution in [-0.2, 0) is 5.16 Å². The van der Waals surface area contributed by atoms with Crippen LogP contribution in [0.4, 0.5) is 0 Å². The highest BCUT2D eigenvalue weighted by molar-refractivity contribution is 6.89. The molecule has 0 fully saturated rings. The van der Waals surface area contributed by atoms with Crippen LogP contribution in [0.1, 0.15) is 24.5 Å². The molecular formula is C39H39BN2OSi. The summed E-state index contributed by atoms with van der Waals surface area (Å²) in [5.74, 6) is 2.95. The van der Waals surface area contributed by atoms with Crippen LogP contribution in [0, 0.1) is 0 Å². The van der Waals surface area contributed by atoms with Crippen molar-refractivity contribution >= 4 is 32.3 Å². The van der Waals surface area contributed by atoms with Crippen LogP contribution in [0.25, 0.3) is 0 Å². The number of hydrogen-bond acceptors (Lipinski definition) is 2. The quantitative estimate of drug-likeness (QED) is 0.175. The van der Waals surface area contributed by atoms with Crippen LogP contribution in [0.5, 0.6) is 5.75 Å². The molecule has 0 N–H and O–H groups in total. The molecule has 6 aromatic rings. The zero-order chi connectivity index (χ0) is 30.5. The van der Waals surface area contributed by atoms with Gasteiger partial charge in [0.15, 0.2) is 0 Å². The Hall–Kier alpha value is -4.87. The molecule has 1 heterocycles. The molecule has 44 heavy (non-hydrogen) atoms. The molecular weight excluding hydrogens is 551 g/mol. The van der Waals surface area contributed by atoms with Gasteiger partial charge in [-0.1, -0.05) is 156 Å². The first-order valence-electron chi connectivity index (χ1n) is 15.3. The van der Waals surface area contributed by atoms with Crippen LogP contribution in [0.3, 0.4) is 0 Å². The summed E-state index contributed by atoms with van der Waals surface area (Å²) in [7, 11) is -0.871. The first-order chi connectivity index (χ1) is 21.7. The third-order valence-electron chi connectivity index (χ3n) is 7.83. The maximum absolute atomic E-state index is 5.92. The first-order valence-corrected chi connectivity index (χ1v) is 16.7. The molecule has 0 radical (unpaired) electrons. The summed E-state index contributed by atoms with van der Waals surface area (Å²) in [6, 6.07) is 51.1. The minimum atomic E-state index is -0.871. The molecule has 3 nitrogen and oxygen atoms in total. The molecule has 0 unspecified atom stereocenters. The van der Waals surface area contributed by atoms with Crippen LogP contribution < -0.4 is 20.8 Å². The number of hydrogen-bond donors (Lipinski definition) is 0. The van der Waals surface area contributed by atoms with Gasteiger partial charge in [0.05, 0.1) is 27.6 Å². The lowest BCUT2D eigenvalue weighted by atomic mass is 9.41. The Kier molecular flexibility index (Phi) is 10.8. The molecule has 0 aliphatic heterocycles. The van der Waals surface area contributed by atoms with Gasteiger partial charge in [-0.2, -0.15) is 0 Å². The van der Waals surface area contributed by atoms with Crippen molar-refractivity contribution in [3.05, 3.63) is 188 Å². The lowest BCUT2D eigenvalue weighted by Gasteiger charge is -2.37. The van der Waals surface area contributed by atoms with Gasteiger partial charge < -0.3 is 9.30 Å². The SMILES string of the molecule is C=CB(c1ccccc1)c1ccccc1.CCCOc1cccc([SiH2]C(c2ccccc2)(c2ccccc2)n2ccnc2)c1. The fourth-order valence-corrected chi connectivity index (χ4v) is 8.12. The van der Waals surface area contributed by atoms with Gasteiger partial charge in [0.25, 0.3) is 0 Å². The molecule has 0 atom stereocenters. The highest BCUT2D eigenvalue weighted by Crippen LogP contribution is 2.33. The first kappa shape index (κ1) is 30.6. The van der Waals surface area contributed by atoms with Crippen molar-refractivity contribution in [2.24, 2.45) is 0 Å². The van der Waals surface area contributed by atoms with Crippen molar-refractivity contribution in [1.29, 1.82) is 0 Å². The molecule has 5 aromatic carbocycles. The van der Waals surface area contributed by atoms with Gasteiger partial charge in [-0.3, -0.25) is 0 Å². The summed E-state index contributed by atoms with van der Waals surface area (Å²) in [6.07, 6.45) is 6.92. The average molecular weight is 591 g/mol. The second-order valence-electron chi connectivity index (χ2n) is 10.8. The molecule has 5 heteroatoms. The minimum absolute atomic E-state index is 0.262. The predicted octanol–water partition coefficient (Wildman–Crippen LogP) is 5.94. The van der Waals surface area contributed by atoms with Crippen molar-refractivity contribution in [3.8, 4) is 5.75 Å².